The third-order valence-corrected chi connectivity index (χ3v) is 5.18. The molecule has 0 bridgehead atoms. The van der Waals surface area contributed by atoms with Crippen LogP contribution in [0.4, 0.5) is 10.2 Å². The average Bonchev–Trinajstić information content (AvgIpc) is 3.21. The number of aliphatic hydroxyl groups is 1. The van der Waals surface area contributed by atoms with Crippen molar-refractivity contribution in [3.8, 4) is 22.5 Å². The van der Waals surface area contributed by atoms with Crippen LogP contribution in [0.15, 0.2) is 36.9 Å². The second-order valence-corrected chi connectivity index (χ2v) is 8.82. The highest BCUT2D eigenvalue weighted by Crippen LogP contribution is 2.24. The van der Waals surface area contributed by atoms with E-state index >= 15 is 0 Å². The molecule has 3 aromatic heterocycles. The van der Waals surface area contributed by atoms with Gasteiger partial charge in [-0.25, -0.2) is 14.4 Å². The van der Waals surface area contributed by atoms with Crippen molar-refractivity contribution in [1.82, 2.24) is 35.4 Å². The molecule has 0 aromatic carbocycles. The van der Waals surface area contributed by atoms with Crippen molar-refractivity contribution in [2.45, 2.75) is 44.6 Å². The molecule has 1 aliphatic rings. The molecular weight excluding hydrogens is 427 g/mol. The molecule has 33 heavy (non-hydrogen) atoms. The number of hydrogen-bond donors (Lipinski definition) is 4. The molecule has 0 unspecified atom stereocenters. The molecule has 1 aliphatic heterocycles. The second-order valence-electron chi connectivity index (χ2n) is 8.82. The maximum Gasteiger partial charge on any atom is 0.274 e. The van der Waals surface area contributed by atoms with Gasteiger partial charge in [0.1, 0.15) is 6.17 Å². The molecule has 3 aromatic rings. The summed E-state index contributed by atoms with van der Waals surface area (Å²) in [5, 5.41) is 20.0. The lowest BCUT2D eigenvalue weighted by molar-refractivity contribution is 0.0577. The number of anilines is 1. The predicted octanol–water partition coefficient (Wildman–Crippen LogP) is 1.18. The number of nitrogen functional groups attached to an aromatic ring is 1. The summed E-state index contributed by atoms with van der Waals surface area (Å²) in [5.74, 6) is -0.496. The maximum atomic E-state index is 13.6. The Labute approximate surface area is 190 Å². The summed E-state index contributed by atoms with van der Waals surface area (Å²) in [4.78, 5) is 25.7. The Hall–Kier alpha value is -3.44. The number of alkyl halides is 1. The first-order valence-corrected chi connectivity index (χ1v) is 10.7. The predicted molar refractivity (Wildman–Crippen MR) is 121 cm³/mol. The second kappa shape index (κ2) is 9.20. The van der Waals surface area contributed by atoms with E-state index in [1.165, 1.54) is 6.20 Å². The van der Waals surface area contributed by atoms with Gasteiger partial charge in [0, 0.05) is 49.1 Å². The highest BCUT2D eigenvalue weighted by Gasteiger charge is 2.25. The first-order valence-electron chi connectivity index (χ1n) is 10.7. The van der Waals surface area contributed by atoms with E-state index in [1.807, 2.05) is 6.07 Å². The first kappa shape index (κ1) is 22.7. The number of nitrogens with one attached hydrogen (secondary N) is 2. The zero-order chi connectivity index (χ0) is 23.6. The third kappa shape index (κ3) is 5.68. The van der Waals surface area contributed by atoms with Crippen LogP contribution in [0.3, 0.4) is 0 Å². The molecule has 174 valence electrons. The van der Waals surface area contributed by atoms with Gasteiger partial charge in [0.05, 0.1) is 35.9 Å². The van der Waals surface area contributed by atoms with Crippen LogP contribution in [0.2, 0.25) is 0 Å². The van der Waals surface area contributed by atoms with Crippen molar-refractivity contribution < 1.29 is 14.3 Å². The molecule has 0 spiro atoms. The number of carbonyl (C=O) groups excluding carboxylic acids is 1. The molecule has 1 saturated heterocycles. The van der Waals surface area contributed by atoms with Crippen LogP contribution < -0.4 is 16.4 Å². The molecule has 10 nitrogen and oxygen atoms in total. The van der Waals surface area contributed by atoms with Crippen LogP contribution in [0.1, 0.15) is 30.8 Å². The van der Waals surface area contributed by atoms with E-state index < -0.39 is 17.7 Å². The van der Waals surface area contributed by atoms with Crippen LogP contribution in [-0.4, -0.2) is 66.7 Å². The average molecular weight is 455 g/mol. The fourth-order valence-electron chi connectivity index (χ4n) is 3.68. The van der Waals surface area contributed by atoms with Gasteiger partial charge in [0.25, 0.3) is 5.91 Å². The van der Waals surface area contributed by atoms with E-state index in [4.69, 9.17) is 5.73 Å². The van der Waals surface area contributed by atoms with Crippen LogP contribution in [0, 0.1) is 0 Å². The number of carbonyl (C=O) groups is 1. The highest BCUT2D eigenvalue weighted by molar-refractivity contribution is 5.97. The largest absolute Gasteiger partial charge is 0.389 e. The molecule has 5 N–H and O–H groups in total. The van der Waals surface area contributed by atoms with E-state index in [1.54, 1.807) is 43.2 Å². The minimum absolute atomic E-state index is 0.000934. The van der Waals surface area contributed by atoms with Gasteiger partial charge in [-0.15, -0.1) is 0 Å². The minimum Gasteiger partial charge on any atom is -0.389 e. The summed E-state index contributed by atoms with van der Waals surface area (Å²) >= 11 is 0. The monoisotopic (exact) mass is 454 g/mol. The lowest BCUT2D eigenvalue weighted by Gasteiger charge is -2.26. The SMILES string of the molecule is CC(C)(O)Cn1cc(-c2cc(-c3cnc(N)c(C(=O)N[C@@H]4CNC[C@@H](F)C4)n3)ccn2)cn1. The lowest BCUT2D eigenvalue weighted by atomic mass is 10.1. The molecule has 11 heteroatoms. The zero-order valence-electron chi connectivity index (χ0n) is 18.5. The van der Waals surface area contributed by atoms with Gasteiger partial charge in [0.2, 0.25) is 0 Å². The molecule has 0 aliphatic carbocycles. The van der Waals surface area contributed by atoms with Crippen LogP contribution in [0.25, 0.3) is 22.5 Å². The molecule has 1 amide bonds. The standard InChI is InChI=1S/C22H27FN8O2/c1-22(2,33)12-31-11-14(7-28-31)17-5-13(3-4-26-17)18-10-27-20(24)19(30-18)21(32)29-16-6-15(23)8-25-9-16/h3-5,7,10-11,15-16,25,33H,6,8-9,12H2,1-2H3,(H2,24,27)(H,29,32)/t15-,16-/m0/s1. The molecule has 0 saturated carbocycles. The van der Waals surface area contributed by atoms with Gasteiger partial charge < -0.3 is 21.5 Å². The normalized spacial score (nSPS) is 18.8. The summed E-state index contributed by atoms with van der Waals surface area (Å²) in [5.41, 5.74) is 7.57. The topological polar surface area (TPSA) is 144 Å². The van der Waals surface area contributed by atoms with Gasteiger partial charge >= 0.3 is 0 Å². The van der Waals surface area contributed by atoms with E-state index in [-0.39, 0.29) is 30.5 Å². The van der Waals surface area contributed by atoms with Crippen molar-refractivity contribution >= 4 is 11.7 Å². The molecule has 0 radical (unpaired) electrons. The first-order chi connectivity index (χ1) is 15.7. The number of piperidine rings is 1. The van der Waals surface area contributed by atoms with E-state index in [2.05, 4.69) is 30.7 Å². The number of aromatic nitrogens is 5. The van der Waals surface area contributed by atoms with Crippen LogP contribution in [-0.2, 0) is 6.54 Å². The van der Waals surface area contributed by atoms with Gasteiger partial charge in [-0.2, -0.15) is 5.10 Å². The van der Waals surface area contributed by atoms with Crippen molar-refractivity contribution in [3.63, 3.8) is 0 Å². The number of amides is 1. The van der Waals surface area contributed by atoms with Gasteiger partial charge in [0.15, 0.2) is 11.5 Å². The van der Waals surface area contributed by atoms with Crippen molar-refractivity contribution in [1.29, 1.82) is 0 Å². The van der Waals surface area contributed by atoms with Crippen molar-refractivity contribution in [3.05, 3.63) is 42.6 Å². The minimum atomic E-state index is -1.01. The molecule has 1 fully saturated rings. The number of nitrogens with two attached hydrogens (primary N) is 1. The van der Waals surface area contributed by atoms with Gasteiger partial charge in [-0.1, -0.05) is 0 Å². The summed E-state index contributed by atoms with van der Waals surface area (Å²) in [7, 11) is 0. The Balaban J connectivity index is 1.56. The maximum absolute atomic E-state index is 13.6. The Morgan fingerprint density at radius 1 is 1.30 bits per heavy atom. The van der Waals surface area contributed by atoms with Gasteiger partial charge in [-0.3, -0.25) is 14.5 Å². The fourth-order valence-corrected chi connectivity index (χ4v) is 3.68. The lowest BCUT2D eigenvalue weighted by Crippen LogP contribution is -2.49. The summed E-state index contributed by atoms with van der Waals surface area (Å²) in [6, 6.07) is 3.22. The smallest absolute Gasteiger partial charge is 0.274 e. The zero-order valence-corrected chi connectivity index (χ0v) is 18.5. The van der Waals surface area contributed by atoms with E-state index in [0.29, 0.717) is 30.0 Å². The van der Waals surface area contributed by atoms with Crippen molar-refractivity contribution in [2.75, 3.05) is 18.8 Å². The Morgan fingerprint density at radius 3 is 2.88 bits per heavy atom. The summed E-state index contributed by atoms with van der Waals surface area (Å²) < 4.78 is 15.3. The molecule has 4 rings (SSSR count). The number of hydrogen-bond acceptors (Lipinski definition) is 8. The Kier molecular flexibility index (Phi) is 6.34. The molecular formula is C22H27FN8O2. The van der Waals surface area contributed by atoms with Crippen LogP contribution in [0.5, 0.6) is 0 Å². The quantitative estimate of drug-likeness (QED) is 0.435. The fraction of sp³-hybridized carbons (Fsp3) is 0.409. The van der Waals surface area contributed by atoms with Gasteiger partial charge in [-0.05, 0) is 26.0 Å². The van der Waals surface area contributed by atoms with E-state index in [0.717, 1.165) is 5.56 Å². The molecule has 2 atom stereocenters. The molecule has 4 heterocycles. The number of rotatable bonds is 6. The Bertz CT molecular complexity index is 1140. The number of pyridine rings is 1. The highest BCUT2D eigenvalue weighted by atomic mass is 19.1. The number of nitrogens with zero attached hydrogens (tertiary/aromatic N) is 5. The summed E-state index contributed by atoms with van der Waals surface area (Å²) in [6.45, 7) is 4.52. The van der Waals surface area contributed by atoms with Crippen LogP contribution >= 0.6 is 0 Å². The van der Waals surface area contributed by atoms with E-state index in [9.17, 15) is 14.3 Å². The Morgan fingerprint density at radius 2 is 2.12 bits per heavy atom. The van der Waals surface area contributed by atoms with Crippen molar-refractivity contribution in [2.24, 2.45) is 0 Å². The number of halogens is 1. The summed E-state index contributed by atoms with van der Waals surface area (Å²) in [6.07, 6.45) is 5.81. The third-order valence-electron chi connectivity index (χ3n) is 5.18.